The number of halogens is 1. The molecule has 0 radical (unpaired) electrons. The summed E-state index contributed by atoms with van der Waals surface area (Å²) in [5.74, 6) is -0.118. The van der Waals surface area contributed by atoms with Gasteiger partial charge in [-0.05, 0) is 30.7 Å². The molecule has 1 aromatic carbocycles. The Morgan fingerprint density at radius 1 is 1.29 bits per heavy atom. The molecule has 2 aromatic rings. The number of carbonyl (C=O) groups is 2. The lowest BCUT2D eigenvalue weighted by atomic mass is 10.0. The van der Waals surface area contributed by atoms with Crippen molar-refractivity contribution in [2.45, 2.75) is 13.0 Å². The van der Waals surface area contributed by atoms with Crippen molar-refractivity contribution >= 4 is 23.3 Å². The second kappa shape index (κ2) is 6.79. The quantitative estimate of drug-likeness (QED) is 0.870. The first-order valence-electron chi connectivity index (χ1n) is 7.92. The molecule has 0 aliphatic carbocycles. The molecule has 2 heterocycles. The van der Waals surface area contributed by atoms with Crippen LogP contribution in [0.4, 0.5) is 0 Å². The van der Waals surface area contributed by atoms with Crippen LogP contribution in [0, 0.1) is 0 Å². The van der Waals surface area contributed by atoms with Gasteiger partial charge in [-0.1, -0.05) is 23.7 Å². The van der Waals surface area contributed by atoms with E-state index in [1.807, 2.05) is 29.2 Å². The number of piperazine rings is 1. The van der Waals surface area contributed by atoms with Crippen molar-refractivity contribution in [3.8, 4) is 0 Å². The van der Waals surface area contributed by atoms with E-state index in [4.69, 9.17) is 11.6 Å². The molecule has 5 nitrogen and oxygen atoms in total. The van der Waals surface area contributed by atoms with Crippen LogP contribution in [0.2, 0.25) is 5.02 Å². The molecule has 0 saturated carbocycles. The van der Waals surface area contributed by atoms with Gasteiger partial charge in [0.2, 0.25) is 0 Å². The van der Waals surface area contributed by atoms with Gasteiger partial charge >= 0.3 is 0 Å². The van der Waals surface area contributed by atoms with Crippen molar-refractivity contribution in [3.05, 3.63) is 58.4 Å². The second-order valence-electron chi connectivity index (χ2n) is 6.05. The zero-order chi connectivity index (χ0) is 17.3. The summed E-state index contributed by atoms with van der Waals surface area (Å²) in [4.78, 5) is 26.5. The fraction of sp³-hybridized carbons (Fsp3) is 0.333. The smallest absolute Gasteiger partial charge is 0.271 e. The Labute approximate surface area is 146 Å². The van der Waals surface area contributed by atoms with Gasteiger partial charge in [-0.3, -0.25) is 9.59 Å². The molecule has 1 amide bonds. The van der Waals surface area contributed by atoms with Gasteiger partial charge in [0.25, 0.3) is 5.91 Å². The standard InChI is InChI=1S/C18H20ClN3O2/c1-12(23)14-9-16(21(2)11-14)18(24)22-7-6-20-10-17(22)13-4-3-5-15(19)8-13/h3-5,8-9,11,17,20H,6-7,10H2,1-2H3. The molecule has 1 aromatic heterocycles. The summed E-state index contributed by atoms with van der Waals surface area (Å²) in [6.45, 7) is 3.53. The van der Waals surface area contributed by atoms with Crippen molar-refractivity contribution in [1.82, 2.24) is 14.8 Å². The van der Waals surface area contributed by atoms with Crippen LogP contribution in [0.25, 0.3) is 0 Å². The van der Waals surface area contributed by atoms with E-state index in [1.165, 1.54) is 6.92 Å². The average Bonchev–Trinajstić information content (AvgIpc) is 2.96. The third-order valence-corrected chi connectivity index (χ3v) is 4.60. The minimum absolute atomic E-state index is 0.0450. The maximum absolute atomic E-state index is 13.1. The molecule has 6 heteroatoms. The largest absolute Gasteiger partial charge is 0.346 e. The van der Waals surface area contributed by atoms with E-state index >= 15 is 0 Å². The van der Waals surface area contributed by atoms with Crippen LogP contribution in [0.15, 0.2) is 36.5 Å². The predicted octanol–water partition coefficient (Wildman–Crippen LogP) is 2.67. The van der Waals surface area contributed by atoms with Crippen LogP contribution < -0.4 is 5.32 Å². The number of aryl methyl sites for hydroxylation is 1. The van der Waals surface area contributed by atoms with Gasteiger partial charge in [0.05, 0.1) is 6.04 Å². The number of amides is 1. The van der Waals surface area contributed by atoms with Crippen LogP contribution in [-0.4, -0.2) is 40.8 Å². The average molecular weight is 346 g/mol. The highest BCUT2D eigenvalue weighted by molar-refractivity contribution is 6.30. The van der Waals surface area contributed by atoms with Crippen molar-refractivity contribution in [2.75, 3.05) is 19.6 Å². The maximum Gasteiger partial charge on any atom is 0.271 e. The van der Waals surface area contributed by atoms with Crippen LogP contribution in [0.5, 0.6) is 0 Å². The van der Waals surface area contributed by atoms with E-state index in [2.05, 4.69) is 5.32 Å². The molecular formula is C18H20ClN3O2. The number of benzene rings is 1. The molecule has 126 valence electrons. The van der Waals surface area contributed by atoms with E-state index in [0.717, 1.165) is 12.1 Å². The van der Waals surface area contributed by atoms with Gasteiger partial charge in [-0.2, -0.15) is 0 Å². The number of carbonyl (C=O) groups excluding carboxylic acids is 2. The van der Waals surface area contributed by atoms with Gasteiger partial charge in [-0.25, -0.2) is 0 Å². The Hall–Kier alpha value is -2.11. The Bertz CT molecular complexity index is 784. The summed E-state index contributed by atoms with van der Waals surface area (Å²) in [7, 11) is 1.79. The van der Waals surface area contributed by atoms with Crippen LogP contribution in [0.1, 0.15) is 39.4 Å². The Morgan fingerprint density at radius 3 is 2.75 bits per heavy atom. The lowest BCUT2D eigenvalue weighted by molar-refractivity contribution is 0.0624. The number of aromatic nitrogens is 1. The molecule has 24 heavy (non-hydrogen) atoms. The maximum atomic E-state index is 13.1. The molecule has 1 saturated heterocycles. The van der Waals surface area contributed by atoms with Gasteiger partial charge in [0, 0.05) is 43.5 Å². The summed E-state index contributed by atoms with van der Waals surface area (Å²) >= 11 is 6.11. The lowest BCUT2D eigenvalue weighted by Crippen LogP contribution is -2.49. The number of nitrogens with zero attached hydrogens (tertiary/aromatic N) is 2. The van der Waals surface area contributed by atoms with Gasteiger partial charge < -0.3 is 14.8 Å². The van der Waals surface area contributed by atoms with Crippen LogP contribution in [-0.2, 0) is 7.05 Å². The number of Topliss-reactive ketones (excluding diaryl/α,β-unsaturated/α-hetero) is 1. The molecule has 1 fully saturated rings. The Balaban J connectivity index is 1.93. The zero-order valence-corrected chi connectivity index (χ0v) is 14.5. The van der Waals surface area contributed by atoms with Crippen molar-refractivity contribution in [2.24, 2.45) is 7.05 Å². The van der Waals surface area contributed by atoms with E-state index in [1.54, 1.807) is 23.9 Å². The fourth-order valence-electron chi connectivity index (χ4n) is 3.08. The predicted molar refractivity (Wildman–Crippen MR) is 93.5 cm³/mol. The summed E-state index contributed by atoms with van der Waals surface area (Å²) in [6, 6.07) is 9.18. The van der Waals surface area contributed by atoms with E-state index < -0.39 is 0 Å². The monoisotopic (exact) mass is 345 g/mol. The number of nitrogens with one attached hydrogen (secondary N) is 1. The third kappa shape index (κ3) is 3.23. The number of ketones is 1. The first kappa shape index (κ1) is 16.7. The van der Waals surface area contributed by atoms with Crippen LogP contribution in [0.3, 0.4) is 0 Å². The zero-order valence-electron chi connectivity index (χ0n) is 13.8. The number of hydrogen-bond acceptors (Lipinski definition) is 3. The van der Waals surface area contributed by atoms with Crippen molar-refractivity contribution in [3.63, 3.8) is 0 Å². The minimum Gasteiger partial charge on any atom is -0.346 e. The topological polar surface area (TPSA) is 54.3 Å². The molecule has 1 atom stereocenters. The molecule has 1 aliphatic rings. The minimum atomic E-state index is -0.0828. The summed E-state index contributed by atoms with van der Waals surface area (Å²) in [5, 5.41) is 3.99. The Kier molecular flexibility index (Phi) is 4.73. The molecular weight excluding hydrogens is 326 g/mol. The SMILES string of the molecule is CC(=O)c1cc(C(=O)N2CCNCC2c2cccc(Cl)c2)n(C)c1. The highest BCUT2D eigenvalue weighted by atomic mass is 35.5. The second-order valence-corrected chi connectivity index (χ2v) is 6.49. The molecule has 1 N–H and O–H groups in total. The fourth-order valence-corrected chi connectivity index (χ4v) is 3.27. The number of hydrogen-bond donors (Lipinski definition) is 1. The highest BCUT2D eigenvalue weighted by Crippen LogP contribution is 2.26. The first-order valence-corrected chi connectivity index (χ1v) is 8.29. The lowest BCUT2D eigenvalue weighted by Gasteiger charge is -2.36. The summed E-state index contributed by atoms with van der Waals surface area (Å²) in [6.07, 6.45) is 1.70. The molecule has 1 aliphatic heterocycles. The van der Waals surface area contributed by atoms with E-state index in [9.17, 15) is 9.59 Å². The summed E-state index contributed by atoms with van der Waals surface area (Å²) < 4.78 is 1.72. The van der Waals surface area contributed by atoms with E-state index in [-0.39, 0.29) is 17.7 Å². The normalized spacial score (nSPS) is 17.8. The van der Waals surface area contributed by atoms with Gasteiger partial charge in [0.1, 0.15) is 5.69 Å². The molecule has 1 unspecified atom stereocenters. The van der Waals surface area contributed by atoms with E-state index in [0.29, 0.717) is 29.4 Å². The summed E-state index contributed by atoms with van der Waals surface area (Å²) in [5.41, 5.74) is 2.08. The molecule has 3 rings (SSSR count). The first-order chi connectivity index (χ1) is 11.5. The number of rotatable bonds is 3. The molecule has 0 spiro atoms. The molecule has 0 bridgehead atoms. The van der Waals surface area contributed by atoms with Crippen molar-refractivity contribution < 1.29 is 9.59 Å². The third-order valence-electron chi connectivity index (χ3n) is 4.37. The van der Waals surface area contributed by atoms with Gasteiger partial charge in [-0.15, -0.1) is 0 Å². The van der Waals surface area contributed by atoms with Crippen molar-refractivity contribution in [1.29, 1.82) is 0 Å². The Morgan fingerprint density at radius 2 is 2.08 bits per heavy atom. The van der Waals surface area contributed by atoms with Gasteiger partial charge in [0.15, 0.2) is 5.78 Å². The highest BCUT2D eigenvalue weighted by Gasteiger charge is 2.30. The van der Waals surface area contributed by atoms with Crippen LogP contribution >= 0.6 is 11.6 Å².